The minimum atomic E-state index is -0.987. The summed E-state index contributed by atoms with van der Waals surface area (Å²) in [6.45, 7) is 0. The first-order valence-corrected chi connectivity index (χ1v) is 5.83. The second kappa shape index (κ2) is 4.27. The van der Waals surface area contributed by atoms with Gasteiger partial charge in [0.25, 0.3) is 0 Å². The van der Waals surface area contributed by atoms with Crippen LogP contribution < -0.4 is 0 Å². The highest BCUT2D eigenvalue weighted by molar-refractivity contribution is 6.23. The molecule has 1 heterocycles. The third-order valence-electron chi connectivity index (χ3n) is 3.14. The number of nitro groups is 1. The molecular formula is C14H8N2O4. The third-order valence-corrected chi connectivity index (χ3v) is 3.14. The quantitative estimate of drug-likeness (QED) is 0.474. The van der Waals surface area contributed by atoms with Crippen LogP contribution in [0.5, 0.6) is 0 Å². The molecule has 0 spiro atoms. The number of nitrogens with zero attached hydrogens (tertiary/aromatic N) is 2. The van der Waals surface area contributed by atoms with Gasteiger partial charge in [0.2, 0.25) is 0 Å². The van der Waals surface area contributed by atoms with E-state index < -0.39 is 16.8 Å². The highest BCUT2D eigenvalue weighted by atomic mass is 16.7. The summed E-state index contributed by atoms with van der Waals surface area (Å²) in [5.41, 5.74) is 1.40. The number of fused-ring (bicyclic) bond motifs is 1. The SMILES string of the molecule is O=C1c2cccc(-c3ccccc3)c2C(=O)N1[N+](=O)[O-]. The number of carbonyl (C=O) groups is 2. The number of imide groups is 1. The largest absolute Gasteiger partial charge is 0.325 e. The van der Waals surface area contributed by atoms with Gasteiger partial charge in [0.15, 0.2) is 5.03 Å². The maximum atomic E-state index is 12.1. The molecule has 0 radical (unpaired) electrons. The Hall–Kier alpha value is -3.02. The third kappa shape index (κ3) is 1.58. The Bertz CT molecular complexity index is 740. The normalized spacial score (nSPS) is 13.5. The van der Waals surface area contributed by atoms with Crippen LogP contribution in [0.15, 0.2) is 48.5 Å². The lowest BCUT2D eigenvalue weighted by atomic mass is 9.97. The number of hydrogen-bond acceptors (Lipinski definition) is 4. The zero-order chi connectivity index (χ0) is 14.3. The Kier molecular flexibility index (Phi) is 2.57. The second-order valence-electron chi connectivity index (χ2n) is 4.25. The Morgan fingerprint density at radius 1 is 0.850 bits per heavy atom. The molecular weight excluding hydrogens is 260 g/mol. The predicted octanol–water partition coefficient (Wildman–Crippen LogP) is 2.14. The number of rotatable bonds is 2. The highest BCUT2D eigenvalue weighted by Gasteiger charge is 2.45. The fraction of sp³-hybridized carbons (Fsp3) is 0. The summed E-state index contributed by atoms with van der Waals surface area (Å²) in [4.78, 5) is 34.8. The van der Waals surface area contributed by atoms with E-state index in [9.17, 15) is 19.7 Å². The van der Waals surface area contributed by atoms with Gasteiger partial charge >= 0.3 is 11.8 Å². The van der Waals surface area contributed by atoms with Crippen molar-refractivity contribution in [2.75, 3.05) is 0 Å². The van der Waals surface area contributed by atoms with Gasteiger partial charge in [-0.2, -0.15) is 0 Å². The summed E-state index contributed by atoms with van der Waals surface area (Å²) < 4.78 is 0. The van der Waals surface area contributed by atoms with Crippen molar-refractivity contribution in [3.8, 4) is 11.1 Å². The number of carbonyl (C=O) groups excluding carboxylic acids is 2. The first kappa shape index (κ1) is 12.0. The van der Waals surface area contributed by atoms with Gasteiger partial charge in [-0.1, -0.05) is 42.5 Å². The van der Waals surface area contributed by atoms with Gasteiger partial charge in [-0.25, -0.2) is 10.1 Å². The van der Waals surface area contributed by atoms with Crippen molar-refractivity contribution in [1.82, 2.24) is 5.01 Å². The van der Waals surface area contributed by atoms with E-state index >= 15 is 0 Å². The van der Waals surface area contributed by atoms with Crippen molar-refractivity contribution in [2.24, 2.45) is 0 Å². The molecule has 0 unspecified atom stereocenters. The second-order valence-corrected chi connectivity index (χ2v) is 4.25. The molecule has 0 aromatic heterocycles. The molecule has 0 saturated heterocycles. The number of hydrazine groups is 1. The summed E-state index contributed by atoms with van der Waals surface area (Å²) in [5, 5.41) is 9.89. The maximum Gasteiger partial charge on any atom is 0.325 e. The average molecular weight is 268 g/mol. The Labute approximate surface area is 113 Å². The molecule has 0 saturated carbocycles. The Morgan fingerprint density at radius 3 is 2.15 bits per heavy atom. The van der Waals surface area contributed by atoms with E-state index in [0.29, 0.717) is 5.56 Å². The highest BCUT2D eigenvalue weighted by Crippen LogP contribution is 2.32. The summed E-state index contributed by atoms with van der Waals surface area (Å²) in [6.07, 6.45) is 0. The van der Waals surface area contributed by atoms with Gasteiger partial charge in [0.1, 0.15) is 0 Å². The topological polar surface area (TPSA) is 80.5 Å². The number of hydrogen-bond donors (Lipinski definition) is 0. The molecule has 3 rings (SSSR count). The summed E-state index contributed by atoms with van der Waals surface area (Å²) in [5.74, 6) is -1.79. The molecule has 2 aromatic rings. The zero-order valence-corrected chi connectivity index (χ0v) is 10.1. The molecule has 0 bridgehead atoms. The van der Waals surface area contributed by atoms with Crippen LogP contribution in [0.4, 0.5) is 0 Å². The van der Waals surface area contributed by atoms with Crippen LogP contribution in [0.25, 0.3) is 11.1 Å². The maximum absolute atomic E-state index is 12.1. The van der Waals surface area contributed by atoms with E-state index in [1.54, 1.807) is 36.4 Å². The molecule has 98 valence electrons. The van der Waals surface area contributed by atoms with Crippen molar-refractivity contribution in [2.45, 2.75) is 0 Å². The van der Waals surface area contributed by atoms with Crippen LogP contribution >= 0.6 is 0 Å². The minimum Gasteiger partial charge on any atom is -0.262 e. The van der Waals surface area contributed by atoms with Gasteiger partial charge in [0, 0.05) is 5.01 Å². The zero-order valence-electron chi connectivity index (χ0n) is 10.1. The Morgan fingerprint density at radius 2 is 1.50 bits per heavy atom. The Balaban J connectivity index is 2.24. The molecule has 2 amide bonds. The monoisotopic (exact) mass is 268 g/mol. The van der Waals surface area contributed by atoms with E-state index in [1.807, 2.05) is 6.07 Å². The summed E-state index contributed by atoms with van der Waals surface area (Å²) in [6, 6.07) is 13.7. The van der Waals surface area contributed by atoms with Crippen LogP contribution in [0, 0.1) is 10.1 Å². The van der Waals surface area contributed by atoms with Crippen molar-refractivity contribution in [3.63, 3.8) is 0 Å². The molecule has 1 aliphatic heterocycles. The molecule has 0 fully saturated rings. The molecule has 0 atom stereocenters. The molecule has 20 heavy (non-hydrogen) atoms. The number of benzene rings is 2. The summed E-state index contributed by atoms with van der Waals surface area (Å²) in [7, 11) is 0. The summed E-state index contributed by atoms with van der Waals surface area (Å²) >= 11 is 0. The lowest BCUT2D eigenvalue weighted by molar-refractivity contribution is -0.609. The van der Waals surface area contributed by atoms with Crippen molar-refractivity contribution >= 4 is 11.8 Å². The minimum absolute atomic E-state index is 0.0527. The lowest BCUT2D eigenvalue weighted by Gasteiger charge is -2.05. The fourth-order valence-corrected chi connectivity index (χ4v) is 2.28. The first-order valence-electron chi connectivity index (χ1n) is 5.83. The van der Waals surface area contributed by atoms with Gasteiger partial charge in [-0.15, -0.1) is 0 Å². The van der Waals surface area contributed by atoms with Crippen LogP contribution in [0.3, 0.4) is 0 Å². The average Bonchev–Trinajstić information content (AvgIpc) is 2.72. The molecule has 0 aliphatic carbocycles. The molecule has 6 nitrogen and oxygen atoms in total. The van der Waals surface area contributed by atoms with E-state index in [2.05, 4.69) is 0 Å². The van der Waals surface area contributed by atoms with E-state index in [-0.39, 0.29) is 16.1 Å². The van der Waals surface area contributed by atoms with Crippen molar-refractivity contribution in [1.29, 1.82) is 0 Å². The first-order chi connectivity index (χ1) is 9.61. The fourth-order valence-electron chi connectivity index (χ4n) is 2.28. The van der Waals surface area contributed by atoms with Crippen LogP contribution in [-0.4, -0.2) is 21.9 Å². The molecule has 6 heteroatoms. The van der Waals surface area contributed by atoms with Crippen LogP contribution in [0.1, 0.15) is 20.7 Å². The smallest absolute Gasteiger partial charge is 0.262 e. The van der Waals surface area contributed by atoms with Crippen LogP contribution in [0.2, 0.25) is 0 Å². The number of amides is 2. The predicted molar refractivity (Wildman–Crippen MR) is 69.4 cm³/mol. The molecule has 2 aromatic carbocycles. The van der Waals surface area contributed by atoms with Crippen LogP contribution in [-0.2, 0) is 0 Å². The van der Waals surface area contributed by atoms with E-state index in [1.165, 1.54) is 6.07 Å². The van der Waals surface area contributed by atoms with Gasteiger partial charge in [-0.3, -0.25) is 9.59 Å². The van der Waals surface area contributed by atoms with Gasteiger partial charge in [0.05, 0.1) is 11.1 Å². The lowest BCUT2D eigenvalue weighted by Crippen LogP contribution is -2.35. The molecule has 1 aliphatic rings. The standard InChI is InChI=1S/C14H8N2O4/c17-13-11-8-4-7-10(9-5-2-1-3-6-9)12(11)14(18)15(13)16(19)20/h1-8H. The van der Waals surface area contributed by atoms with Crippen molar-refractivity contribution < 1.29 is 14.6 Å². The van der Waals surface area contributed by atoms with E-state index in [0.717, 1.165) is 5.56 Å². The van der Waals surface area contributed by atoms with E-state index in [4.69, 9.17) is 0 Å². The molecule has 0 N–H and O–H groups in total. The van der Waals surface area contributed by atoms with Gasteiger partial charge in [-0.05, 0) is 17.2 Å². The van der Waals surface area contributed by atoms with Crippen molar-refractivity contribution in [3.05, 3.63) is 69.8 Å². The van der Waals surface area contributed by atoms with Gasteiger partial charge < -0.3 is 0 Å².